The number of hydrogen-bond donors (Lipinski definition) is 3. The molecule has 0 amide bonds. The van der Waals surface area contributed by atoms with Crippen LogP contribution in [-0.4, -0.2) is 75.4 Å². The lowest BCUT2D eigenvalue weighted by molar-refractivity contribution is 0.139. The Balaban J connectivity index is 0.00000300. The molecule has 3 aromatic heterocycles. The first-order valence-electron chi connectivity index (χ1n) is 25.1. The predicted molar refractivity (Wildman–Crippen MR) is 297 cm³/mol. The van der Waals surface area contributed by atoms with Gasteiger partial charge in [0.1, 0.15) is 5.82 Å². The number of anilines is 3. The van der Waals surface area contributed by atoms with Crippen molar-refractivity contribution in [1.29, 1.82) is 0 Å². The van der Waals surface area contributed by atoms with Crippen LogP contribution in [0.4, 0.5) is 16.6 Å². The van der Waals surface area contributed by atoms with Crippen LogP contribution in [-0.2, 0) is 26.4 Å². The Morgan fingerprint density at radius 3 is 2.43 bits per heavy atom. The summed E-state index contributed by atoms with van der Waals surface area (Å²) in [6.45, 7) is 33.3. The van der Waals surface area contributed by atoms with Crippen LogP contribution in [0, 0.1) is 0 Å². The van der Waals surface area contributed by atoms with E-state index in [0.717, 1.165) is 161 Å². The van der Waals surface area contributed by atoms with Gasteiger partial charge in [0.25, 0.3) is 0 Å². The average Bonchev–Trinajstić information content (AvgIpc) is 3.95. The summed E-state index contributed by atoms with van der Waals surface area (Å²) in [5.74, 6) is 1.15. The molecule has 10 rings (SSSR count). The normalized spacial score (nSPS) is 16.3. The zero-order valence-electron chi connectivity index (χ0n) is 41.4. The fraction of sp³-hybridized carbons (Fsp3) is 0.305. The zero-order valence-corrected chi connectivity index (χ0v) is 42.2. The first-order valence-corrected chi connectivity index (χ1v) is 25.9. The minimum atomic E-state index is 0.185. The number of fused-ring (bicyclic) bond motifs is 3. The second kappa shape index (κ2) is 21.9. The summed E-state index contributed by atoms with van der Waals surface area (Å²) in [5, 5.41) is 17.4. The van der Waals surface area contributed by atoms with E-state index in [9.17, 15) is 0 Å². The Labute approximate surface area is 418 Å². The lowest BCUT2D eigenvalue weighted by Crippen LogP contribution is -2.47. The van der Waals surface area contributed by atoms with Gasteiger partial charge in [-0.2, -0.15) is 5.10 Å². The highest BCUT2D eigenvalue weighted by atomic mass is 32.1. The first-order chi connectivity index (χ1) is 34.1. The van der Waals surface area contributed by atoms with E-state index < -0.39 is 0 Å². The van der Waals surface area contributed by atoms with Crippen LogP contribution in [0.3, 0.4) is 0 Å². The van der Waals surface area contributed by atoms with Crippen LogP contribution in [0.1, 0.15) is 79.1 Å². The number of hydrogen-bond acceptors (Lipinski definition) is 10. The Morgan fingerprint density at radius 1 is 0.843 bits per heavy atom. The van der Waals surface area contributed by atoms with Gasteiger partial charge in [0, 0.05) is 104 Å². The van der Waals surface area contributed by atoms with Gasteiger partial charge in [-0.15, -0.1) is 0 Å². The van der Waals surface area contributed by atoms with Crippen LogP contribution >= 0.6 is 11.3 Å². The molecule has 0 saturated carbocycles. The molecule has 3 N–H and O–H groups in total. The SMILES string of the molecule is C=Cc1nc(N2CCc3cccc(C(=C)Nc4nc5ccccc5s4)c3C2)ccc1-c1ccc(CCCCN2CCN(CC(=C)Nc3ccc4c(C5CCC(=C)NC5=C)nn(C)c4c3)CC2)cc1.CC. The van der Waals surface area contributed by atoms with Crippen molar-refractivity contribution in [3.05, 3.63) is 181 Å². The molecule has 0 radical (unpaired) electrons. The molecule has 1 unspecified atom stereocenters. The number of nitrogens with one attached hydrogen (secondary N) is 3. The van der Waals surface area contributed by atoms with Crippen LogP contribution in [0.2, 0.25) is 0 Å². The van der Waals surface area contributed by atoms with E-state index in [1.165, 1.54) is 34.9 Å². The van der Waals surface area contributed by atoms with E-state index in [2.05, 4.69) is 142 Å². The molecule has 7 aromatic rings. The molecule has 4 aromatic carbocycles. The van der Waals surface area contributed by atoms with E-state index in [4.69, 9.17) is 15.1 Å². The maximum atomic E-state index is 5.16. The largest absolute Gasteiger partial charge is 0.363 e. The van der Waals surface area contributed by atoms with Crippen molar-refractivity contribution in [2.75, 3.05) is 61.3 Å². The highest BCUT2D eigenvalue weighted by molar-refractivity contribution is 7.22. The van der Waals surface area contributed by atoms with Crippen LogP contribution in [0.5, 0.6) is 0 Å². The second-order valence-corrected chi connectivity index (χ2v) is 19.6. The number of aromatic nitrogens is 4. The van der Waals surface area contributed by atoms with Gasteiger partial charge >= 0.3 is 0 Å². The first kappa shape index (κ1) is 48.2. The molecule has 11 heteroatoms. The lowest BCUT2D eigenvalue weighted by atomic mass is 9.90. The summed E-state index contributed by atoms with van der Waals surface area (Å²) >= 11 is 1.65. The number of piperazine rings is 1. The molecule has 360 valence electrons. The number of unbranched alkanes of at least 4 members (excludes halogenated alkanes) is 1. The Morgan fingerprint density at radius 2 is 1.64 bits per heavy atom. The molecule has 0 bridgehead atoms. The zero-order chi connectivity index (χ0) is 48.7. The summed E-state index contributed by atoms with van der Waals surface area (Å²) in [6, 6.07) is 34.7. The fourth-order valence-corrected chi connectivity index (χ4v) is 11.1. The smallest absolute Gasteiger partial charge is 0.188 e. The molecular formula is C59H68N10S. The van der Waals surface area contributed by atoms with Crippen molar-refractivity contribution in [3.63, 3.8) is 0 Å². The molecule has 70 heavy (non-hydrogen) atoms. The van der Waals surface area contributed by atoms with Gasteiger partial charge in [-0.05, 0) is 116 Å². The van der Waals surface area contributed by atoms with Crippen molar-refractivity contribution in [3.8, 4) is 11.1 Å². The van der Waals surface area contributed by atoms with E-state index in [1.54, 1.807) is 11.3 Å². The van der Waals surface area contributed by atoms with Gasteiger partial charge in [-0.25, -0.2) is 9.97 Å². The van der Waals surface area contributed by atoms with E-state index in [-0.39, 0.29) is 5.92 Å². The predicted octanol–water partition coefficient (Wildman–Crippen LogP) is 12.6. The Kier molecular flexibility index (Phi) is 15.1. The van der Waals surface area contributed by atoms with Gasteiger partial charge in [0.2, 0.25) is 0 Å². The van der Waals surface area contributed by atoms with Gasteiger partial charge in [-0.3, -0.25) is 9.58 Å². The van der Waals surface area contributed by atoms with E-state index >= 15 is 0 Å². The number of benzene rings is 4. The quantitative estimate of drug-likeness (QED) is 0.0820. The number of rotatable bonds is 16. The van der Waals surface area contributed by atoms with E-state index in [0.29, 0.717) is 0 Å². The summed E-state index contributed by atoms with van der Waals surface area (Å²) in [6.07, 6.45) is 8.18. The van der Waals surface area contributed by atoms with Crippen molar-refractivity contribution in [2.45, 2.75) is 64.8 Å². The van der Waals surface area contributed by atoms with Crippen molar-refractivity contribution < 1.29 is 0 Å². The van der Waals surface area contributed by atoms with Crippen LogP contribution in [0.25, 0.3) is 44.0 Å². The Hall–Kier alpha value is -6.79. The summed E-state index contributed by atoms with van der Waals surface area (Å²) in [4.78, 5) is 17.4. The molecule has 6 heterocycles. The third kappa shape index (κ3) is 10.8. The molecule has 1 atom stereocenters. The number of thiazole rings is 1. The Bertz CT molecular complexity index is 3010. The van der Waals surface area contributed by atoms with Gasteiger partial charge < -0.3 is 25.8 Å². The highest BCUT2D eigenvalue weighted by Crippen LogP contribution is 2.37. The number of allylic oxidation sites excluding steroid dienone is 2. The van der Waals surface area contributed by atoms with E-state index in [1.807, 2.05) is 49.9 Å². The van der Waals surface area contributed by atoms with Gasteiger partial charge in [-0.1, -0.05) is 113 Å². The average molecular weight is 949 g/mol. The lowest BCUT2D eigenvalue weighted by Gasteiger charge is -2.35. The van der Waals surface area contributed by atoms with Gasteiger partial charge in [0.05, 0.1) is 27.1 Å². The van der Waals surface area contributed by atoms with Crippen LogP contribution in [0.15, 0.2) is 147 Å². The number of nitrogens with zero attached hydrogens (tertiary/aromatic N) is 7. The fourth-order valence-electron chi connectivity index (χ4n) is 10.2. The minimum Gasteiger partial charge on any atom is -0.363 e. The van der Waals surface area contributed by atoms with Crippen LogP contribution < -0.4 is 20.9 Å². The molecule has 0 aliphatic carbocycles. The highest BCUT2D eigenvalue weighted by Gasteiger charge is 2.27. The van der Waals surface area contributed by atoms with Crippen molar-refractivity contribution >= 4 is 60.9 Å². The molecule has 2 fully saturated rings. The summed E-state index contributed by atoms with van der Waals surface area (Å²) in [5.41, 5.74) is 16.4. The summed E-state index contributed by atoms with van der Waals surface area (Å²) < 4.78 is 3.14. The van der Waals surface area contributed by atoms with Gasteiger partial charge in [0.15, 0.2) is 5.13 Å². The number of piperidine rings is 1. The maximum absolute atomic E-state index is 5.16. The maximum Gasteiger partial charge on any atom is 0.188 e. The summed E-state index contributed by atoms with van der Waals surface area (Å²) in [7, 11) is 2.02. The number of aryl methyl sites for hydroxylation is 2. The third-order valence-corrected chi connectivity index (χ3v) is 14.9. The molecule has 10 nitrogen and oxygen atoms in total. The standard InChI is InChI=1S/C57H62N10S.C2H6/c1-7-51-48(26-27-55(61-51)67-30-28-43-14-12-15-46(50(43)37-67)40(4)60-57-62-52-16-8-9-17-54(52)68-57)44-21-19-42(20-22-44)13-10-11-29-65-31-33-66(34-32-65)36-39(3)59-45-23-25-49-53(35-45)64(6)63-56(49)47-24-18-38(2)58-41(47)5;1-2/h7-9,12,14-17,19-23,25-27,35,47,58-59H,1-5,10-11,13,18,24,28-34,36-37H2,6H3,(H,60,62);1-2H3. The van der Waals surface area contributed by atoms with Crippen molar-refractivity contribution in [1.82, 2.24) is 34.9 Å². The molecule has 3 aliphatic heterocycles. The number of pyridine rings is 1. The van der Waals surface area contributed by atoms with Crippen molar-refractivity contribution in [2.24, 2.45) is 7.05 Å². The molecule has 0 spiro atoms. The third-order valence-electron chi connectivity index (χ3n) is 13.9. The molecule has 2 saturated heterocycles. The topological polar surface area (TPSA) is 89.4 Å². The molecule has 3 aliphatic rings. The molecular weight excluding hydrogens is 881 g/mol. The monoisotopic (exact) mass is 949 g/mol. The minimum absolute atomic E-state index is 0.185. The second-order valence-electron chi connectivity index (χ2n) is 18.6. The number of para-hydroxylation sites is 1.